The number of alkyl carbamates (subject to hydrolysis) is 1. The zero-order valence-electron chi connectivity index (χ0n) is 18.8. The van der Waals surface area contributed by atoms with Gasteiger partial charge < -0.3 is 29.5 Å². The van der Waals surface area contributed by atoms with Gasteiger partial charge in [0, 0.05) is 19.0 Å². The van der Waals surface area contributed by atoms with E-state index in [-0.39, 0.29) is 57.8 Å². The molecule has 180 valence electrons. The highest BCUT2D eigenvalue weighted by molar-refractivity contribution is 5.84. The maximum atomic E-state index is 12.3. The molecule has 2 aliphatic rings. The molecule has 1 atom stereocenters. The molecule has 2 aromatic carbocycles. The summed E-state index contributed by atoms with van der Waals surface area (Å²) in [6, 6.07) is 15.3. The van der Waals surface area contributed by atoms with Gasteiger partial charge in [-0.25, -0.2) is 9.59 Å². The number of carbonyl (C=O) groups excluding carboxylic acids is 2. The van der Waals surface area contributed by atoms with Gasteiger partial charge in [0.25, 0.3) is 0 Å². The van der Waals surface area contributed by atoms with Crippen molar-refractivity contribution >= 4 is 18.0 Å². The van der Waals surface area contributed by atoms with Gasteiger partial charge in [-0.1, -0.05) is 48.5 Å². The van der Waals surface area contributed by atoms with Gasteiger partial charge in [0.2, 0.25) is 5.91 Å². The van der Waals surface area contributed by atoms with Crippen LogP contribution < -0.4 is 5.32 Å². The Hall–Kier alpha value is -3.43. The Balaban J connectivity index is 1.15. The maximum Gasteiger partial charge on any atom is 0.407 e. The summed E-state index contributed by atoms with van der Waals surface area (Å²) in [5, 5.41) is 11.9. The van der Waals surface area contributed by atoms with Gasteiger partial charge in [-0.3, -0.25) is 4.79 Å². The van der Waals surface area contributed by atoms with Gasteiger partial charge >= 0.3 is 12.1 Å². The molecule has 1 aliphatic heterocycles. The number of amides is 2. The predicted octanol–water partition coefficient (Wildman–Crippen LogP) is 2.24. The lowest BCUT2D eigenvalue weighted by molar-refractivity contribution is -0.158. The molecular weight excluding hydrogens is 440 g/mol. The van der Waals surface area contributed by atoms with Crippen molar-refractivity contribution in [3.05, 3.63) is 59.7 Å². The number of rotatable bonds is 9. The maximum absolute atomic E-state index is 12.3. The first kappa shape index (κ1) is 23.7. The summed E-state index contributed by atoms with van der Waals surface area (Å²) in [5.41, 5.74) is 4.63. The van der Waals surface area contributed by atoms with E-state index in [0.29, 0.717) is 6.61 Å². The molecule has 1 saturated heterocycles. The van der Waals surface area contributed by atoms with Crippen LogP contribution in [-0.2, 0) is 23.8 Å². The van der Waals surface area contributed by atoms with Crippen molar-refractivity contribution in [1.82, 2.24) is 10.2 Å². The number of nitrogens with zero attached hydrogens (tertiary/aromatic N) is 1. The first-order chi connectivity index (χ1) is 16.6. The molecule has 2 aromatic rings. The quantitative estimate of drug-likeness (QED) is 0.543. The Morgan fingerprint density at radius 2 is 1.71 bits per heavy atom. The fourth-order valence-corrected chi connectivity index (χ4v) is 4.39. The normalized spacial score (nSPS) is 17.1. The smallest absolute Gasteiger partial charge is 0.407 e. The molecule has 0 bridgehead atoms. The Bertz CT molecular complexity index is 996. The molecule has 9 nitrogen and oxygen atoms in total. The number of hydrogen-bond donors (Lipinski definition) is 2. The van der Waals surface area contributed by atoms with E-state index in [1.165, 1.54) is 16.0 Å². The Morgan fingerprint density at radius 3 is 2.38 bits per heavy atom. The summed E-state index contributed by atoms with van der Waals surface area (Å²) >= 11 is 0. The van der Waals surface area contributed by atoms with Crippen molar-refractivity contribution in [3.63, 3.8) is 0 Å². The number of fused-ring (bicyclic) bond motifs is 3. The summed E-state index contributed by atoms with van der Waals surface area (Å²) in [4.78, 5) is 37.0. The van der Waals surface area contributed by atoms with Crippen LogP contribution in [0.5, 0.6) is 0 Å². The van der Waals surface area contributed by atoms with Gasteiger partial charge in [-0.2, -0.15) is 0 Å². The van der Waals surface area contributed by atoms with Gasteiger partial charge in [0.1, 0.15) is 6.61 Å². The number of carbonyl (C=O) groups is 3. The highest BCUT2D eigenvalue weighted by atomic mass is 16.5. The average molecular weight is 469 g/mol. The lowest BCUT2D eigenvalue weighted by Crippen LogP contribution is -2.52. The molecule has 2 N–H and O–H groups in total. The van der Waals surface area contributed by atoms with Gasteiger partial charge in [0.05, 0.1) is 32.8 Å². The molecule has 0 aromatic heterocycles. The fraction of sp³-hybridized carbons (Fsp3) is 0.400. The van der Waals surface area contributed by atoms with Crippen molar-refractivity contribution in [3.8, 4) is 11.1 Å². The molecule has 0 radical (unpaired) electrons. The van der Waals surface area contributed by atoms with E-state index in [1.54, 1.807) is 0 Å². The monoisotopic (exact) mass is 468 g/mol. The van der Waals surface area contributed by atoms with Crippen molar-refractivity contribution in [2.24, 2.45) is 0 Å². The third kappa shape index (κ3) is 5.37. The number of benzene rings is 2. The minimum atomic E-state index is -1.08. The topological polar surface area (TPSA) is 114 Å². The van der Waals surface area contributed by atoms with E-state index >= 15 is 0 Å². The second kappa shape index (κ2) is 11.1. The number of carboxylic acids is 1. The third-order valence-corrected chi connectivity index (χ3v) is 6.05. The van der Waals surface area contributed by atoms with Crippen LogP contribution in [0.25, 0.3) is 11.1 Å². The molecular formula is C25H28N2O7. The van der Waals surface area contributed by atoms with E-state index in [9.17, 15) is 19.5 Å². The lowest BCUT2D eigenvalue weighted by Gasteiger charge is -2.32. The largest absolute Gasteiger partial charge is 0.480 e. The Morgan fingerprint density at radius 1 is 1.03 bits per heavy atom. The second-order valence-corrected chi connectivity index (χ2v) is 8.13. The van der Waals surface area contributed by atoms with Crippen LogP contribution in [0.4, 0.5) is 4.79 Å². The SMILES string of the molecule is O=C(NCCOCCC(=O)N1CCOCC1C(=O)O)OCC1c2ccccc2-c2ccccc21. The minimum Gasteiger partial charge on any atom is -0.480 e. The number of hydrogen-bond acceptors (Lipinski definition) is 6. The minimum absolute atomic E-state index is 0.00442. The molecule has 9 heteroatoms. The van der Waals surface area contributed by atoms with E-state index in [1.807, 2.05) is 24.3 Å². The molecule has 0 saturated carbocycles. The summed E-state index contributed by atoms with van der Waals surface area (Å²) in [6.07, 6.45) is -0.464. The molecule has 1 fully saturated rings. The molecule has 2 amide bonds. The van der Waals surface area contributed by atoms with Crippen molar-refractivity contribution in [1.29, 1.82) is 0 Å². The van der Waals surface area contributed by atoms with Gasteiger partial charge in [-0.05, 0) is 22.3 Å². The highest BCUT2D eigenvalue weighted by Crippen LogP contribution is 2.44. The molecule has 34 heavy (non-hydrogen) atoms. The van der Waals surface area contributed by atoms with Gasteiger partial charge in [-0.15, -0.1) is 0 Å². The first-order valence-corrected chi connectivity index (χ1v) is 11.3. The van der Waals surface area contributed by atoms with Crippen LogP contribution in [0.15, 0.2) is 48.5 Å². The number of carboxylic acid groups (broad SMARTS) is 1. The Kier molecular flexibility index (Phi) is 7.76. The lowest BCUT2D eigenvalue weighted by atomic mass is 9.98. The summed E-state index contributed by atoms with van der Waals surface area (Å²) in [6.45, 7) is 1.38. The number of ether oxygens (including phenoxy) is 3. The zero-order valence-corrected chi connectivity index (χ0v) is 18.8. The van der Waals surface area contributed by atoms with Crippen molar-refractivity contribution < 1.29 is 33.7 Å². The first-order valence-electron chi connectivity index (χ1n) is 11.3. The molecule has 0 spiro atoms. The van der Waals surface area contributed by atoms with Gasteiger partial charge in [0.15, 0.2) is 6.04 Å². The molecule has 1 heterocycles. The van der Waals surface area contributed by atoms with Crippen LogP contribution in [0.2, 0.25) is 0 Å². The van der Waals surface area contributed by atoms with Crippen molar-refractivity contribution in [2.75, 3.05) is 46.1 Å². The van der Waals surface area contributed by atoms with Crippen LogP contribution >= 0.6 is 0 Å². The van der Waals surface area contributed by atoms with E-state index < -0.39 is 18.1 Å². The van der Waals surface area contributed by atoms with E-state index in [0.717, 1.165) is 11.1 Å². The summed E-state index contributed by atoms with van der Waals surface area (Å²) in [7, 11) is 0. The van der Waals surface area contributed by atoms with Crippen molar-refractivity contribution in [2.45, 2.75) is 18.4 Å². The summed E-state index contributed by atoms with van der Waals surface area (Å²) in [5.74, 6) is -1.38. The molecule has 4 rings (SSSR count). The highest BCUT2D eigenvalue weighted by Gasteiger charge is 2.32. The number of nitrogens with one attached hydrogen (secondary N) is 1. The van der Waals surface area contributed by atoms with Crippen LogP contribution in [0.3, 0.4) is 0 Å². The second-order valence-electron chi connectivity index (χ2n) is 8.13. The number of aliphatic carboxylic acids is 1. The molecule has 1 aliphatic carbocycles. The zero-order chi connectivity index (χ0) is 23.9. The van der Waals surface area contributed by atoms with Crippen LogP contribution in [-0.4, -0.2) is 80.1 Å². The fourth-order valence-electron chi connectivity index (χ4n) is 4.39. The number of morpholine rings is 1. The van der Waals surface area contributed by atoms with Crippen LogP contribution in [0.1, 0.15) is 23.5 Å². The molecule has 1 unspecified atom stereocenters. The summed E-state index contributed by atoms with van der Waals surface area (Å²) < 4.78 is 16.0. The Labute approximate surface area is 197 Å². The van der Waals surface area contributed by atoms with E-state index in [2.05, 4.69) is 29.6 Å². The third-order valence-electron chi connectivity index (χ3n) is 6.05. The predicted molar refractivity (Wildman–Crippen MR) is 122 cm³/mol. The van der Waals surface area contributed by atoms with Crippen LogP contribution in [0, 0.1) is 0 Å². The van der Waals surface area contributed by atoms with E-state index in [4.69, 9.17) is 14.2 Å². The average Bonchev–Trinajstić information content (AvgIpc) is 3.18. The standard InChI is InChI=1S/C25H28N2O7/c28-23(27-11-14-33-16-22(27)24(29)30)9-12-32-13-10-26-25(31)34-15-21-19-7-3-1-5-17(19)18-6-2-4-8-20(18)21/h1-8,21-22H,9-16H2,(H,26,31)(H,29,30).